The van der Waals surface area contributed by atoms with Crippen molar-refractivity contribution in [3.05, 3.63) is 63.4 Å². The Hall–Kier alpha value is -2.01. The summed E-state index contributed by atoms with van der Waals surface area (Å²) in [6.45, 7) is 10.6. The normalized spacial score (nSPS) is 13.8. The van der Waals surface area contributed by atoms with E-state index in [-0.39, 0.29) is 10.9 Å². The van der Waals surface area contributed by atoms with Crippen LogP contribution in [0.3, 0.4) is 0 Å². The Morgan fingerprint density at radius 2 is 1.85 bits per heavy atom. The van der Waals surface area contributed by atoms with E-state index in [0.717, 1.165) is 15.7 Å². The molecule has 2 N–H and O–H groups in total. The summed E-state index contributed by atoms with van der Waals surface area (Å²) in [4.78, 5) is 17.7. The lowest BCUT2D eigenvalue weighted by molar-refractivity contribution is 0.103. The molecule has 10 heteroatoms. The smallest absolute Gasteiger partial charge is 0.265 e. The second-order valence-corrected chi connectivity index (χ2v) is 18.4. The molecule has 6 nitrogen and oxygen atoms in total. The number of benzene rings is 1. The summed E-state index contributed by atoms with van der Waals surface area (Å²) in [7, 11) is -4.78. The first kappa shape index (κ1) is 25.6. The zero-order valence-electron chi connectivity index (χ0n) is 19.6. The fourth-order valence-corrected chi connectivity index (χ4v) is 9.46. The fourth-order valence-electron chi connectivity index (χ4n) is 2.85. The molecule has 3 aromatic rings. The van der Waals surface area contributed by atoms with Gasteiger partial charge in [0.25, 0.3) is 5.91 Å². The Morgan fingerprint density at radius 3 is 2.48 bits per heavy atom. The molecule has 2 aromatic heterocycles. The average molecular weight is 566 g/mol. The maximum Gasteiger partial charge on any atom is 0.265 e. The van der Waals surface area contributed by atoms with Gasteiger partial charge >= 0.3 is 0 Å². The molecule has 0 aliphatic heterocycles. The van der Waals surface area contributed by atoms with E-state index < -0.39 is 18.2 Å². The molecule has 0 spiro atoms. The molecule has 0 saturated carbocycles. The number of nitrogens with zero attached hydrogens (tertiary/aromatic N) is 2. The minimum Gasteiger partial charge on any atom is -0.321 e. The van der Waals surface area contributed by atoms with Crippen LogP contribution in [-0.2, 0) is 9.92 Å². The van der Waals surface area contributed by atoms with Gasteiger partial charge in [0.2, 0.25) is 0 Å². The van der Waals surface area contributed by atoms with Crippen LogP contribution in [0, 0.1) is 0 Å². The van der Waals surface area contributed by atoms with E-state index in [2.05, 4.69) is 64.8 Å². The molecule has 33 heavy (non-hydrogen) atoms. The predicted molar refractivity (Wildman–Crippen MR) is 147 cm³/mol. The largest absolute Gasteiger partial charge is 0.321 e. The maximum atomic E-state index is 13.3. The molecule has 3 rings (SSSR count). The van der Waals surface area contributed by atoms with Crippen molar-refractivity contribution in [1.29, 1.82) is 0 Å². The molecule has 1 amide bonds. The van der Waals surface area contributed by atoms with Crippen molar-refractivity contribution in [3.63, 3.8) is 0 Å². The van der Waals surface area contributed by atoms with E-state index >= 15 is 0 Å². The van der Waals surface area contributed by atoms with Gasteiger partial charge in [-0.25, -0.2) is 4.21 Å². The molecule has 1 aromatic carbocycles. The number of hydrogen-bond acceptors (Lipinski definition) is 5. The van der Waals surface area contributed by atoms with Crippen molar-refractivity contribution in [2.24, 2.45) is 4.03 Å². The average Bonchev–Trinajstić information content (AvgIpc) is 3.16. The highest BCUT2D eigenvalue weighted by Gasteiger charge is 2.37. The number of halogens is 1. The lowest BCUT2D eigenvalue weighted by Crippen LogP contribution is -2.37. The van der Waals surface area contributed by atoms with Crippen LogP contribution in [0.2, 0.25) is 18.1 Å². The summed E-state index contributed by atoms with van der Waals surface area (Å²) in [5, 5.41) is 4.83. The van der Waals surface area contributed by atoms with Crippen LogP contribution < -0.4 is 10.0 Å². The second kappa shape index (κ2) is 9.69. The quantitative estimate of drug-likeness (QED) is 0.309. The second-order valence-electron chi connectivity index (χ2n) is 9.40. The molecular formula is C23H29BrN4O2S2Si. The first-order valence-electron chi connectivity index (χ1n) is 10.4. The van der Waals surface area contributed by atoms with Crippen LogP contribution in [0.5, 0.6) is 0 Å². The van der Waals surface area contributed by atoms with Gasteiger partial charge < -0.3 is 5.32 Å². The zero-order chi connectivity index (χ0) is 24.4. The van der Waals surface area contributed by atoms with Crippen molar-refractivity contribution in [3.8, 4) is 11.3 Å². The molecule has 2 heterocycles. The number of amides is 1. The molecule has 0 aliphatic rings. The number of carbonyl (C=O) groups excluding carboxylic acids is 1. The monoisotopic (exact) mass is 564 g/mol. The molecule has 1 atom stereocenters. The van der Waals surface area contributed by atoms with Gasteiger partial charge in [-0.1, -0.05) is 42.8 Å². The van der Waals surface area contributed by atoms with Crippen LogP contribution in [-0.4, -0.2) is 29.6 Å². The third kappa shape index (κ3) is 6.75. The Morgan fingerprint density at radius 1 is 1.15 bits per heavy atom. The van der Waals surface area contributed by atoms with Gasteiger partial charge in [-0.2, -0.15) is 0 Å². The van der Waals surface area contributed by atoms with Crippen molar-refractivity contribution in [2.45, 2.75) is 38.9 Å². The van der Waals surface area contributed by atoms with Crippen LogP contribution in [0.15, 0.2) is 62.5 Å². The number of anilines is 2. The molecule has 0 saturated heterocycles. The van der Waals surface area contributed by atoms with Gasteiger partial charge in [-0.05, 0) is 54.5 Å². The number of nitrogens with one attached hydrogen (secondary N) is 2. The molecule has 0 radical (unpaired) electrons. The Balaban J connectivity index is 1.80. The lowest BCUT2D eigenvalue weighted by Gasteiger charge is -2.33. The van der Waals surface area contributed by atoms with Crippen LogP contribution in [0.1, 0.15) is 30.4 Å². The highest BCUT2D eigenvalue weighted by molar-refractivity contribution is 9.10. The number of rotatable bonds is 6. The summed E-state index contributed by atoms with van der Waals surface area (Å²) in [5.41, 5.74) is 2.94. The minimum atomic E-state index is -2.67. The van der Waals surface area contributed by atoms with Crippen LogP contribution >= 0.6 is 27.3 Å². The molecule has 0 bridgehead atoms. The summed E-state index contributed by atoms with van der Waals surface area (Å²) in [5.74, 6) is -0.213. The Kier molecular flexibility index (Phi) is 7.52. The van der Waals surface area contributed by atoms with Crippen molar-refractivity contribution < 1.29 is 9.00 Å². The van der Waals surface area contributed by atoms with Crippen molar-refractivity contribution in [2.75, 3.05) is 16.3 Å². The lowest BCUT2D eigenvalue weighted by atomic mass is 10.2. The van der Waals surface area contributed by atoms with Gasteiger partial charge in [0, 0.05) is 33.6 Å². The van der Waals surface area contributed by atoms with Crippen LogP contribution in [0.4, 0.5) is 11.4 Å². The number of aromatic nitrogens is 1. The molecule has 0 aliphatic carbocycles. The summed E-state index contributed by atoms with van der Waals surface area (Å²) in [6.07, 6.45) is 3.35. The third-order valence-electron chi connectivity index (χ3n) is 5.48. The van der Waals surface area contributed by atoms with E-state index in [9.17, 15) is 9.00 Å². The van der Waals surface area contributed by atoms with Crippen molar-refractivity contribution >= 4 is 62.7 Å². The standard InChI is InChI=1S/C23H29BrN4O2S2Si/c1-23(2,3)33(5,6)28-32(4,30)27-19-13-17(24)12-18(14-19)26-22(29)21-11-16(15-31-21)20-9-7-8-10-25-20/h7-15H,1-6H3,(H,26,29)(H,27,28,30). The highest BCUT2D eigenvalue weighted by Crippen LogP contribution is 2.37. The maximum absolute atomic E-state index is 13.3. The van der Waals surface area contributed by atoms with Gasteiger partial charge in [0.1, 0.15) is 9.92 Å². The Bertz CT molecular complexity index is 1280. The number of carbonyl (C=O) groups is 1. The molecule has 1 unspecified atom stereocenters. The number of hydrogen-bond donors (Lipinski definition) is 2. The summed E-state index contributed by atoms with van der Waals surface area (Å²) >= 11 is 4.85. The van der Waals surface area contributed by atoms with Gasteiger partial charge in [0.05, 0.1) is 16.3 Å². The van der Waals surface area contributed by atoms with E-state index in [1.807, 2.05) is 35.7 Å². The Labute approximate surface area is 209 Å². The fraction of sp³-hybridized carbons (Fsp3) is 0.304. The third-order valence-corrected chi connectivity index (χ3v) is 14.4. The predicted octanol–water partition coefficient (Wildman–Crippen LogP) is 7.25. The molecule has 0 fully saturated rings. The molecular weight excluding hydrogens is 536 g/mol. The van der Waals surface area contributed by atoms with E-state index in [0.29, 0.717) is 16.3 Å². The SMILES string of the molecule is CC(C)(C)[Si](C)(C)N=S(C)(=O)Nc1cc(Br)cc(NC(=O)c2cc(-c3ccccn3)cs2)c1. The van der Waals surface area contributed by atoms with E-state index in [1.54, 1.807) is 24.6 Å². The number of pyridine rings is 1. The van der Waals surface area contributed by atoms with E-state index in [4.69, 9.17) is 4.03 Å². The van der Waals surface area contributed by atoms with Crippen molar-refractivity contribution in [1.82, 2.24) is 4.98 Å². The van der Waals surface area contributed by atoms with Crippen LogP contribution in [0.25, 0.3) is 11.3 Å². The topological polar surface area (TPSA) is 83.5 Å². The molecule has 176 valence electrons. The minimum absolute atomic E-state index is 0.0153. The summed E-state index contributed by atoms with van der Waals surface area (Å²) < 4.78 is 21.9. The zero-order valence-corrected chi connectivity index (χ0v) is 23.8. The van der Waals surface area contributed by atoms with Gasteiger partial charge in [-0.15, -0.1) is 11.3 Å². The van der Waals surface area contributed by atoms with E-state index in [1.165, 1.54) is 11.3 Å². The highest BCUT2D eigenvalue weighted by atomic mass is 79.9. The van der Waals surface area contributed by atoms with Gasteiger partial charge in [0.15, 0.2) is 8.24 Å². The van der Waals surface area contributed by atoms with Gasteiger partial charge in [-0.3, -0.25) is 18.5 Å². The first-order chi connectivity index (χ1) is 15.3. The number of thiophene rings is 1. The first-order valence-corrected chi connectivity index (χ1v) is 16.9. The summed E-state index contributed by atoms with van der Waals surface area (Å²) in [6, 6.07) is 12.9.